The molecule has 2 nitrogen and oxygen atoms in total. The van der Waals surface area contributed by atoms with E-state index in [0.717, 1.165) is 0 Å². The van der Waals surface area contributed by atoms with Crippen LogP contribution in [0.25, 0.3) is 0 Å². The number of hydrogen-bond donors (Lipinski definition) is 1. The van der Waals surface area contributed by atoms with Crippen molar-refractivity contribution in [2.45, 2.75) is 12.3 Å². The highest BCUT2D eigenvalue weighted by Gasteiger charge is 2.36. The fraction of sp³-hybridized carbons (Fsp3) is 1.00. The Kier molecular flexibility index (Phi) is 4.21. The molecule has 1 unspecified atom stereocenters. The van der Waals surface area contributed by atoms with Crippen LogP contribution in [0.5, 0.6) is 0 Å². The highest BCUT2D eigenvalue weighted by molar-refractivity contribution is 5.85. The summed E-state index contributed by atoms with van der Waals surface area (Å²) in [6.07, 6.45) is -0.122. The van der Waals surface area contributed by atoms with Crippen LogP contribution >= 0.6 is 12.4 Å². The minimum atomic E-state index is -2.65. The minimum absolute atomic E-state index is 0. The van der Waals surface area contributed by atoms with E-state index in [-0.39, 0.29) is 31.3 Å². The van der Waals surface area contributed by atoms with Gasteiger partial charge in [0.15, 0.2) is 0 Å². The molecular weight excluding hydrogens is 176 g/mol. The van der Waals surface area contributed by atoms with Gasteiger partial charge in [-0.3, -0.25) is 0 Å². The summed E-state index contributed by atoms with van der Waals surface area (Å²) >= 11 is 0. The summed E-state index contributed by atoms with van der Waals surface area (Å²) in [7, 11) is 0. The molecule has 1 aliphatic rings. The van der Waals surface area contributed by atoms with Gasteiger partial charge in [-0.2, -0.15) is 0 Å². The van der Waals surface area contributed by atoms with Gasteiger partial charge in [0.1, 0.15) is 6.61 Å². The predicted octanol–water partition coefficient (Wildman–Crippen LogP) is 1.04. The molecule has 0 aromatic carbocycles. The van der Waals surface area contributed by atoms with E-state index in [2.05, 4.69) is 4.74 Å². The van der Waals surface area contributed by atoms with Crippen LogP contribution in [0.15, 0.2) is 0 Å². The maximum absolute atomic E-state index is 12.5. The van der Waals surface area contributed by atoms with Crippen molar-refractivity contribution in [3.8, 4) is 0 Å². The van der Waals surface area contributed by atoms with E-state index in [1.54, 1.807) is 0 Å². The van der Waals surface area contributed by atoms with Crippen LogP contribution in [0.2, 0.25) is 0 Å². The molecule has 0 aliphatic carbocycles. The van der Waals surface area contributed by atoms with Gasteiger partial charge in [0.2, 0.25) is 0 Å². The van der Waals surface area contributed by atoms with Gasteiger partial charge >= 0.3 is 0 Å². The van der Waals surface area contributed by atoms with E-state index in [1.807, 2.05) is 0 Å². The van der Waals surface area contributed by atoms with Gasteiger partial charge in [-0.15, -0.1) is 12.4 Å². The molecule has 0 bridgehead atoms. The van der Waals surface area contributed by atoms with Gasteiger partial charge in [0, 0.05) is 12.3 Å². The lowest BCUT2D eigenvalue weighted by molar-refractivity contribution is -0.134. The number of rotatable bonds is 1. The Hall–Kier alpha value is 0.0700. The van der Waals surface area contributed by atoms with Crippen molar-refractivity contribution in [3.05, 3.63) is 0 Å². The van der Waals surface area contributed by atoms with Crippen molar-refractivity contribution in [1.82, 2.24) is 0 Å². The third-order valence-electron chi connectivity index (χ3n) is 1.59. The Morgan fingerprint density at radius 1 is 1.55 bits per heavy atom. The number of ether oxygens (including phenoxy) is 1. The molecule has 0 spiro atoms. The molecule has 0 amide bonds. The lowest BCUT2D eigenvalue weighted by Gasteiger charge is -2.27. The Bertz CT molecular complexity index is 123. The topological polar surface area (TPSA) is 35.2 Å². The number of alkyl halides is 2. The lowest BCUT2D eigenvalue weighted by Crippen LogP contribution is -2.38. The first-order chi connectivity index (χ1) is 4.64. The lowest BCUT2D eigenvalue weighted by atomic mass is 10.0. The first-order valence-corrected chi connectivity index (χ1v) is 3.30. The average molecular weight is 188 g/mol. The van der Waals surface area contributed by atoms with Gasteiger partial charge in [-0.1, -0.05) is 0 Å². The highest BCUT2D eigenvalue weighted by atomic mass is 35.5. The zero-order valence-corrected chi connectivity index (χ0v) is 6.87. The Morgan fingerprint density at radius 2 is 2.18 bits per heavy atom. The summed E-state index contributed by atoms with van der Waals surface area (Å²) in [5.41, 5.74) is 5.21. The molecule has 0 radical (unpaired) electrons. The zero-order chi connectivity index (χ0) is 7.61. The quantitative estimate of drug-likeness (QED) is 0.666. The third-order valence-corrected chi connectivity index (χ3v) is 1.59. The van der Waals surface area contributed by atoms with E-state index >= 15 is 0 Å². The fourth-order valence-corrected chi connectivity index (χ4v) is 1.07. The van der Waals surface area contributed by atoms with Crippen LogP contribution in [0.3, 0.4) is 0 Å². The largest absolute Gasteiger partial charge is 0.375 e. The van der Waals surface area contributed by atoms with E-state index in [0.29, 0.717) is 6.61 Å². The molecule has 0 saturated carbocycles. The first-order valence-electron chi connectivity index (χ1n) is 3.30. The second kappa shape index (κ2) is 4.18. The van der Waals surface area contributed by atoms with Crippen LogP contribution < -0.4 is 5.73 Å². The fourth-order valence-electron chi connectivity index (χ4n) is 1.07. The van der Waals surface area contributed by atoms with E-state index in [1.165, 1.54) is 0 Å². The third kappa shape index (κ3) is 3.31. The van der Waals surface area contributed by atoms with Gasteiger partial charge in [-0.05, 0) is 6.54 Å². The summed E-state index contributed by atoms with van der Waals surface area (Å²) in [6, 6.07) is 0. The van der Waals surface area contributed by atoms with E-state index in [4.69, 9.17) is 5.73 Å². The van der Waals surface area contributed by atoms with Crippen LogP contribution in [-0.2, 0) is 4.74 Å². The zero-order valence-electron chi connectivity index (χ0n) is 6.06. The van der Waals surface area contributed by atoms with Crippen molar-refractivity contribution in [2.75, 3.05) is 19.8 Å². The summed E-state index contributed by atoms with van der Waals surface area (Å²) in [5.74, 6) is -2.81. The molecule has 1 rings (SSSR count). The van der Waals surface area contributed by atoms with E-state index < -0.39 is 12.5 Å². The molecular formula is C6H12ClF2NO. The first kappa shape index (κ1) is 11.1. The summed E-state index contributed by atoms with van der Waals surface area (Å²) in [4.78, 5) is 0. The molecule has 0 aromatic rings. The van der Waals surface area contributed by atoms with Crippen LogP contribution in [0, 0.1) is 5.92 Å². The second-order valence-corrected chi connectivity index (χ2v) is 2.68. The Balaban J connectivity index is 0.000001000. The van der Waals surface area contributed by atoms with Crippen molar-refractivity contribution < 1.29 is 13.5 Å². The standard InChI is InChI=1S/C6H11F2NO.ClH/c7-6(8)1-5(2-9)3-10-4-6;/h5H,1-4,9H2;1H. The summed E-state index contributed by atoms with van der Waals surface area (Å²) < 4.78 is 29.6. The van der Waals surface area contributed by atoms with Gasteiger partial charge in [0.25, 0.3) is 5.92 Å². The molecule has 0 aromatic heterocycles. The average Bonchev–Trinajstić information content (AvgIpc) is 1.86. The molecule has 1 heterocycles. The predicted molar refractivity (Wildman–Crippen MR) is 40.2 cm³/mol. The molecule has 5 heteroatoms. The molecule has 68 valence electrons. The molecule has 1 fully saturated rings. The van der Waals surface area contributed by atoms with Crippen molar-refractivity contribution >= 4 is 12.4 Å². The Morgan fingerprint density at radius 3 is 2.55 bits per heavy atom. The number of nitrogens with two attached hydrogens (primary N) is 1. The maximum atomic E-state index is 12.5. The van der Waals surface area contributed by atoms with Crippen LogP contribution in [-0.4, -0.2) is 25.7 Å². The Labute approximate surface area is 70.5 Å². The van der Waals surface area contributed by atoms with Crippen molar-refractivity contribution in [2.24, 2.45) is 11.7 Å². The molecule has 1 aliphatic heterocycles. The monoisotopic (exact) mass is 187 g/mol. The summed E-state index contributed by atoms with van der Waals surface area (Å²) in [6.45, 7) is 0.227. The van der Waals surface area contributed by atoms with E-state index in [9.17, 15) is 8.78 Å². The minimum Gasteiger partial charge on any atom is -0.375 e. The van der Waals surface area contributed by atoms with Gasteiger partial charge in [0.05, 0.1) is 6.61 Å². The smallest absolute Gasteiger partial charge is 0.271 e. The maximum Gasteiger partial charge on any atom is 0.271 e. The number of halogens is 3. The highest BCUT2D eigenvalue weighted by Crippen LogP contribution is 2.27. The molecule has 11 heavy (non-hydrogen) atoms. The number of hydrogen-bond acceptors (Lipinski definition) is 2. The second-order valence-electron chi connectivity index (χ2n) is 2.68. The molecule has 1 atom stereocenters. The van der Waals surface area contributed by atoms with Crippen LogP contribution in [0.1, 0.15) is 6.42 Å². The van der Waals surface area contributed by atoms with Gasteiger partial charge in [-0.25, -0.2) is 8.78 Å². The SMILES string of the molecule is Cl.NCC1COCC(F)(F)C1. The van der Waals surface area contributed by atoms with Crippen LogP contribution in [0.4, 0.5) is 8.78 Å². The normalized spacial score (nSPS) is 29.2. The van der Waals surface area contributed by atoms with Gasteiger partial charge < -0.3 is 10.5 Å². The van der Waals surface area contributed by atoms with Crippen molar-refractivity contribution in [3.63, 3.8) is 0 Å². The summed E-state index contributed by atoms with van der Waals surface area (Å²) in [5, 5.41) is 0. The van der Waals surface area contributed by atoms with Crippen molar-refractivity contribution in [1.29, 1.82) is 0 Å². The molecule has 2 N–H and O–H groups in total. The molecule has 1 saturated heterocycles.